The van der Waals surface area contributed by atoms with Gasteiger partial charge in [-0.05, 0) is 6.07 Å². The Kier molecular flexibility index (Phi) is 3.66. The molecular weight excluding hydrogens is 213 g/mol. The summed E-state index contributed by atoms with van der Waals surface area (Å²) in [6, 6.07) is 3.03. The lowest BCUT2D eigenvalue weighted by Gasteiger charge is -2.07. The van der Waals surface area contributed by atoms with E-state index in [1.54, 1.807) is 0 Å². The third-order valence-corrected chi connectivity index (χ3v) is 2.02. The highest BCUT2D eigenvalue weighted by atomic mass is 35.5. The maximum Gasteiger partial charge on any atom is 0.140 e. The number of nitrogen functional groups attached to an aromatic ring is 1. The van der Waals surface area contributed by atoms with E-state index in [2.05, 4.69) is 0 Å². The lowest BCUT2D eigenvalue weighted by atomic mass is 10.3. The number of benzene rings is 1. The van der Waals surface area contributed by atoms with Gasteiger partial charge in [-0.25, -0.2) is 0 Å². The minimum Gasteiger partial charge on any atom is -0.490 e. The van der Waals surface area contributed by atoms with E-state index in [4.69, 9.17) is 38.8 Å². The molecule has 0 spiro atoms. The molecule has 5 heteroatoms. The van der Waals surface area contributed by atoms with Gasteiger partial charge in [0.2, 0.25) is 0 Å². The van der Waals surface area contributed by atoms with Crippen molar-refractivity contribution >= 4 is 28.9 Å². The summed E-state index contributed by atoms with van der Waals surface area (Å²) in [5.74, 6) is 0.428. The summed E-state index contributed by atoms with van der Waals surface area (Å²) in [6.07, 6.45) is 0. The van der Waals surface area contributed by atoms with Crippen molar-refractivity contribution in [3.8, 4) is 5.75 Å². The van der Waals surface area contributed by atoms with Gasteiger partial charge in [-0.3, -0.25) is 0 Å². The third kappa shape index (κ3) is 2.66. The lowest BCUT2D eigenvalue weighted by molar-refractivity contribution is 0.201. The Hall–Kier alpha value is -0.640. The fourth-order valence-corrected chi connectivity index (χ4v) is 1.25. The zero-order chi connectivity index (χ0) is 9.84. The topological polar surface area (TPSA) is 55.5 Å². The molecule has 0 aliphatic rings. The van der Waals surface area contributed by atoms with Gasteiger partial charge in [0, 0.05) is 6.07 Å². The molecule has 72 valence electrons. The second kappa shape index (κ2) is 4.56. The molecule has 0 atom stereocenters. The summed E-state index contributed by atoms with van der Waals surface area (Å²) < 4.78 is 5.10. The van der Waals surface area contributed by atoms with Crippen LogP contribution in [0, 0.1) is 0 Å². The molecule has 1 aromatic rings. The summed E-state index contributed by atoms with van der Waals surface area (Å²) in [5, 5.41) is 9.29. The normalized spacial score (nSPS) is 10.1. The average molecular weight is 222 g/mol. The number of hydrogen-bond donors (Lipinski definition) is 2. The monoisotopic (exact) mass is 221 g/mol. The summed E-state index contributed by atoms with van der Waals surface area (Å²) in [6.45, 7) is 0.111. The highest BCUT2D eigenvalue weighted by molar-refractivity contribution is 6.37. The minimum atomic E-state index is -0.0706. The van der Waals surface area contributed by atoms with Crippen molar-refractivity contribution < 1.29 is 9.84 Å². The standard InChI is InChI=1S/C8H9Cl2NO2/c9-5-3-6(10)8(4-7(5)11)13-2-1-12/h3-4,12H,1-2,11H2. The Balaban J connectivity index is 2.88. The molecule has 0 fully saturated rings. The van der Waals surface area contributed by atoms with Crippen molar-refractivity contribution in [1.82, 2.24) is 0 Å². The van der Waals surface area contributed by atoms with Crippen LogP contribution in [-0.2, 0) is 0 Å². The largest absolute Gasteiger partial charge is 0.490 e. The first-order valence-corrected chi connectivity index (χ1v) is 4.39. The second-order valence-electron chi connectivity index (χ2n) is 2.38. The van der Waals surface area contributed by atoms with Crippen LogP contribution in [0.3, 0.4) is 0 Å². The van der Waals surface area contributed by atoms with Gasteiger partial charge in [-0.15, -0.1) is 0 Å². The van der Waals surface area contributed by atoms with Crippen LogP contribution in [0.4, 0.5) is 5.69 Å². The molecule has 3 nitrogen and oxygen atoms in total. The van der Waals surface area contributed by atoms with Crippen molar-refractivity contribution in [1.29, 1.82) is 0 Å². The van der Waals surface area contributed by atoms with E-state index in [1.165, 1.54) is 12.1 Å². The van der Waals surface area contributed by atoms with Crippen LogP contribution in [-0.4, -0.2) is 18.3 Å². The number of aliphatic hydroxyl groups is 1. The molecule has 0 unspecified atom stereocenters. The molecule has 0 aliphatic carbocycles. The van der Waals surface area contributed by atoms with Gasteiger partial charge in [0.25, 0.3) is 0 Å². The predicted molar refractivity (Wildman–Crippen MR) is 53.5 cm³/mol. The third-order valence-electron chi connectivity index (χ3n) is 1.40. The zero-order valence-corrected chi connectivity index (χ0v) is 8.27. The van der Waals surface area contributed by atoms with E-state index >= 15 is 0 Å². The summed E-state index contributed by atoms with van der Waals surface area (Å²) in [7, 11) is 0. The molecule has 0 saturated heterocycles. The minimum absolute atomic E-state index is 0.0706. The first kappa shape index (κ1) is 10.4. The quantitative estimate of drug-likeness (QED) is 0.768. The summed E-state index contributed by atoms with van der Waals surface area (Å²) >= 11 is 11.5. The summed E-state index contributed by atoms with van der Waals surface area (Å²) in [4.78, 5) is 0. The Morgan fingerprint density at radius 1 is 1.31 bits per heavy atom. The molecule has 1 aromatic carbocycles. The fraction of sp³-hybridized carbons (Fsp3) is 0.250. The first-order chi connectivity index (χ1) is 6.15. The maximum absolute atomic E-state index is 8.52. The van der Waals surface area contributed by atoms with Crippen LogP contribution in [0.5, 0.6) is 5.75 Å². The Labute approximate surface area is 86.0 Å². The van der Waals surface area contributed by atoms with Crippen molar-refractivity contribution in [3.63, 3.8) is 0 Å². The van der Waals surface area contributed by atoms with Gasteiger partial charge in [0.05, 0.1) is 22.3 Å². The Morgan fingerprint density at radius 2 is 2.00 bits per heavy atom. The van der Waals surface area contributed by atoms with Gasteiger partial charge in [0.1, 0.15) is 12.4 Å². The van der Waals surface area contributed by atoms with Gasteiger partial charge in [-0.1, -0.05) is 23.2 Å². The number of anilines is 1. The molecule has 13 heavy (non-hydrogen) atoms. The molecule has 0 aromatic heterocycles. The molecule has 1 rings (SSSR count). The highest BCUT2D eigenvalue weighted by Gasteiger charge is 2.05. The lowest BCUT2D eigenvalue weighted by Crippen LogP contribution is -2.02. The van der Waals surface area contributed by atoms with E-state index in [9.17, 15) is 0 Å². The SMILES string of the molecule is Nc1cc(OCCO)c(Cl)cc1Cl. The smallest absolute Gasteiger partial charge is 0.140 e. The number of nitrogens with two attached hydrogens (primary N) is 1. The molecule has 0 heterocycles. The molecule has 0 saturated carbocycles. The number of halogens is 2. The van der Waals surface area contributed by atoms with Gasteiger partial charge in [-0.2, -0.15) is 0 Å². The van der Waals surface area contributed by atoms with Gasteiger partial charge < -0.3 is 15.6 Å². The van der Waals surface area contributed by atoms with Crippen molar-refractivity contribution in [3.05, 3.63) is 22.2 Å². The number of rotatable bonds is 3. The Bertz CT molecular complexity index is 304. The van der Waals surface area contributed by atoms with Crippen molar-refractivity contribution in [2.24, 2.45) is 0 Å². The van der Waals surface area contributed by atoms with Crippen molar-refractivity contribution in [2.45, 2.75) is 0 Å². The maximum atomic E-state index is 8.52. The molecule has 3 N–H and O–H groups in total. The zero-order valence-electron chi connectivity index (χ0n) is 6.76. The van der Waals surface area contributed by atoms with E-state index in [1.807, 2.05) is 0 Å². The van der Waals surface area contributed by atoms with Crippen LogP contribution in [0.1, 0.15) is 0 Å². The highest BCUT2D eigenvalue weighted by Crippen LogP contribution is 2.32. The van der Waals surface area contributed by atoms with E-state index < -0.39 is 0 Å². The van der Waals surface area contributed by atoms with Gasteiger partial charge >= 0.3 is 0 Å². The van der Waals surface area contributed by atoms with Crippen LogP contribution in [0.15, 0.2) is 12.1 Å². The molecule has 0 amide bonds. The first-order valence-electron chi connectivity index (χ1n) is 3.63. The van der Waals surface area contributed by atoms with Crippen LogP contribution < -0.4 is 10.5 Å². The predicted octanol–water partition coefficient (Wildman–Crippen LogP) is 1.95. The van der Waals surface area contributed by atoms with Crippen molar-refractivity contribution in [2.75, 3.05) is 18.9 Å². The molecule has 0 aliphatic heterocycles. The van der Waals surface area contributed by atoms with Crippen LogP contribution in [0.25, 0.3) is 0 Å². The van der Waals surface area contributed by atoms with Gasteiger partial charge in [0.15, 0.2) is 0 Å². The molecule has 0 radical (unpaired) electrons. The number of hydrogen-bond acceptors (Lipinski definition) is 3. The van der Waals surface area contributed by atoms with E-state index in [0.29, 0.717) is 21.5 Å². The molecular formula is C8H9Cl2NO2. The molecule has 0 bridgehead atoms. The average Bonchev–Trinajstić information content (AvgIpc) is 2.09. The second-order valence-corrected chi connectivity index (χ2v) is 3.19. The van der Waals surface area contributed by atoms with Crippen LogP contribution in [0.2, 0.25) is 10.0 Å². The Morgan fingerprint density at radius 3 is 2.62 bits per heavy atom. The summed E-state index contributed by atoms with van der Waals surface area (Å²) in [5.41, 5.74) is 5.93. The number of aliphatic hydroxyl groups excluding tert-OH is 1. The van der Waals surface area contributed by atoms with Crippen LogP contribution >= 0.6 is 23.2 Å². The van der Waals surface area contributed by atoms with E-state index in [-0.39, 0.29) is 13.2 Å². The number of ether oxygens (including phenoxy) is 1. The van der Waals surface area contributed by atoms with E-state index in [0.717, 1.165) is 0 Å². The fourth-order valence-electron chi connectivity index (χ4n) is 0.811.